The van der Waals surface area contributed by atoms with E-state index < -0.39 is 0 Å². The molecule has 2 fully saturated rings. The zero-order chi connectivity index (χ0) is 10.0. The van der Waals surface area contributed by atoms with Gasteiger partial charge in [-0.2, -0.15) is 0 Å². The van der Waals surface area contributed by atoms with Gasteiger partial charge in [-0.1, -0.05) is 0 Å². The average Bonchev–Trinajstić information content (AvgIpc) is 2.73. The van der Waals surface area contributed by atoms with E-state index in [1.54, 1.807) is 0 Å². The van der Waals surface area contributed by atoms with Crippen LogP contribution in [0.3, 0.4) is 0 Å². The topological polar surface area (TPSA) is 47.3 Å². The van der Waals surface area contributed by atoms with E-state index >= 15 is 0 Å². The minimum atomic E-state index is 0.229. The van der Waals surface area contributed by atoms with Crippen LogP contribution in [-0.2, 0) is 4.74 Å². The van der Waals surface area contributed by atoms with Crippen molar-refractivity contribution < 1.29 is 4.74 Å². The smallest absolute Gasteiger partial charge is 0.0646 e. The molecule has 2 aliphatic rings. The summed E-state index contributed by atoms with van der Waals surface area (Å²) in [7, 11) is 0. The van der Waals surface area contributed by atoms with E-state index in [0.717, 1.165) is 32.1 Å². The second kappa shape index (κ2) is 4.17. The summed E-state index contributed by atoms with van der Waals surface area (Å²) in [5.74, 6) is 0.794. The van der Waals surface area contributed by atoms with Crippen molar-refractivity contribution in [2.45, 2.75) is 44.2 Å². The Morgan fingerprint density at radius 2 is 2.36 bits per heavy atom. The second-order valence-electron chi connectivity index (χ2n) is 5.18. The summed E-state index contributed by atoms with van der Waals surface area (Å²) in [5, 5.41) is 3.64. The molecule has 1 aliphatic heterocycles. The summed E-state index contributed by atoms with van der Waals surface area (Å²) in [6.45, 7) is 5.15. The molecule has 1 saturated carbocycles. The molecule has 3 nitrogen and oxygen atoms in total. The Hall–Kier alpha value is -0.120. The normalized spacial score (nSPS) is 43.3. The maximum Gasteiger partial charge on any atom is 0.0646 e. The minimum absolute atomic E-state index is 0.229. The van der Waals surface area contributed by atoms with E-state index in [4.69, 9.17) is 10.5 Å². The van der Waals surface area contributed by atoms with Crippen LogP contribution < -0.4 is 11.1 Å². The van der Waals surface area contributed by atoms with E-state index in [1.807, 2.05) is 0 Å². The highest BCUT2D eigenvalue weighted by Gasteiger charge is 2.30. The van der Waals surface area contributed by atoms with Crippen LogP contribution in [-0.4, -0.2) is 31.3 Å². The molecule has 1 heterocycles. The molecule has 0 bridgehead atoms. The minimum Gasteiger partial charge on any atom is -0.379 e. The predicted octanol–water partition coefficient (Wildman–Crippen LogP) is 0.882. The van der Waals surface area contributed by atoms with Gasteiger partial charge >= 0.3 is 0 Å². The van der Waals surface area contributed by atoms with E-state index in [9.17, 15) is 0 Å². The molecule has 0 radical (unpaired) electrons. The lowest BCUT2D eigenvalue weighted by Crippen LogP contribution is -2.44. The summed E-state index contributed by atoms with van der Waals surface area (Å²) in [4.78, 5) is 0. The zero-order valence-electron chi connectivity index (χ0n) is 9.09. The zero-order valence-corrected chi connectivity index (χ0v) is 9.09. The Morgan fingerprint density at radius 1 is 1.50 bits per heavy atom. The number of nitrogens with two attached hydrogens (primary N) is 1. The molecule has 3 heteroatoms. The van der Waals surface area contributed by atoms with Gasteiger partial charge in [0.1, 0.15) is 0 Å². The molecule has 82 valence electrons. The summed E-state index contributed by atoms with van der Waals surface area (Å²) in [6.07, 6.45) is 4.85. The van der Waals surface area contributed by atoms with Crippen molar-refractivity contribution in [2.75, 3.05) is 19.8 Å². The van der Waals surface area contributed by atoms with Crippen LogP contribution in [0.25, 0.3) is 0 Å². The number of hydrogen-bond donors (Lipinski definition) is 2. The fourth-order valence-electron chi connectivity index (χ4n) is 2.50. The first-order valence-electron chi connectivity index (χ1n) is 5.76. The van der Waals surface area contributed by atoms with Gasteiger partial charge in [-0.15, -0.1) is 0 Å². The van der Waals surface area contributed by atoms with Crippen LogP contribution in [0.2, 0.25) is 0 Å². The monoisotopic (exact) mass is 198 g/mol. The molecule has 1 saturated heterocycles. The van der Waals surface area contributed by atoms with Gasteiger partial charge < -0.3 is 15.8 Å². The number of nitrogens with one attached hydrogen (secondary N) is 1. The number of ether oxygens (including phenoxy) is 1. The number of hydrogen-bond acceptors (Lipinski definition) is 3. The van der Waals surface area contributed by atoms with Crippen LogP contribution in [0.4, 0.5) is 0 Å². The number of rotatable bonds is 3. The van der Waals surface area contributed by atoms with Crippen molar-refractivity contribution in [1.82, 2.24) is 5.32 Å². The summed E-state index contributed by atoms with van der Waals surface area (Å²) in [6, 6.07) is 0.453. The van der Waals surface area contributed by atoms with Crippen molar-refractivity contribution in [1.29, 1.82) is 0 Å². The highest BCUT2D eigenvalue weighted by atomic mass is 16.5. The van der Waals surface area contributed by atoms with Crippen LogP contribution in [0.5, 0.6) is 0 Å². The van der Waals surface area contributed by atoms with Crippen molar-refractivity contribution in [3.8, 4) is 0 Å². The molecule has 2 rings (SSSR count). The van der Waals surface area contributed by atoms with Gasteiger partial charge in [-0.3, -0.25) is 0 Å². The van der Waals surface area contributed by atoms with E-state index in [-0.39, 0.29) is 5.54 Å². The highest BCUT2D eigenvalue weighted by Crippen LogP contribution is 2.25. The molecule has 3 N–H and O–H groups in total. The molecule has 1 aliphatic carbocycles. The molecular weight excluding hydrogens is 176 g/mol. The van der Waals surface area contributed by atoms with E-state index in [0.29, 0.717) is 6.04 Å². The first kappa shape index (κ1) is 10.4. The Balaban J connectivity index is 1.71. The fourth-order valence-corrected chi connectivity index (χ4v) is 2.50. The van der Waals surface area contributed by atoms with Crippen LogP contribution in [0.15, 0.2) is 0 Å². The van der Waals surface area contributed by atoms with Crippen molar-refractivity contribution in [2.24, 2.45) is 11.7 Å². The van der Waals surface area contributed by atoms with Gasteiger partial charge in [0.15, 0.2) is 0 Å². The van der Waals surface area contributed by atoms with E-state index in [1.165, 1.54) is 19.3 Å². The lowest BCUT2D eigenvalue weighted by molar-refractivity contribution is 0.169. The molecule has 0 aromatic carbocycles. The summed E-state index contributed by atoms with van der Waals surface area (Å²) < 4.78 is 5.41. The largest absolute Gasteiger partial charge is 0.379 e. The quantitative estimate of drug-likeness (QED) is 0.708. The molecule has 3 unspecified atom stereocenters. The molecular formula is C11H22N2O. The standard InChI is InChI=1S/C11H22N2O/c1-11(4-5-14-8-11)13-7-9-2-3-10(12)6-9/h9-10,13H,2-8,12H2,1H3. The third-order valence-electron chi connectivity index (χ3n) is 3.62. The van der Waals surface area contributed by atoms with Gasteiger partial charge in [0.25, 0.3) is 0 Å². The maximum absolute atomic E-state index is 5.89. The van der Waals surface area contributed by atoms with Crippen LogP contribution in [0.1, 0.15) is 32.6 Å². The molecule has 0 aromatic rings. The summed E-state index contributed by atoms with van der Waals surface area (Å²) >= 11 is 0. The Labute approximate surface area is 86.4 Å². The van der Waals surface area contributed by atoms with Crippen molar-refractivity contribution in [3.63, 3.8) is 0 Å². The average molecular weight is 198 g/mol. The Kier molecular flexibility index (Phi) is 3.10. The van der Waals surface area contributed by atoms with Gasteiger partial charge in [-0.05, 0) is 45.1 Å². The van der Waals surface area contributed by atoms with Crippen LogP contribution in [0, 0.1) is 5.92 Å². The second-order valence-corrected chi connectivity index (χ2v) is 5.18. The predicted molar refractivity (Wildman–Crippen MR) is 57.2 cm³/mol. The lowest BCUT2D eigenvalue weighted by atomic mass is 9.99. The van der Waals surface area contributed by atoms with Crippen molar-refractivity contribution >= 4 is 0 Å². The molecule has 0 spiro atoms. The van der Waals surface area contributed by atoms with Crippen LogP contribution >= 0.6 is 0 Å². The Bertz CT molecular complexity index is 190. The molecule has 3 atom stereocenters. The first-order chi connectivity index (χ1) is 6.68. The highest BCUT2D eigenvalue weighted by molar-refractivity contribution is 4.89. The Morgan fingerprint density at radius 3 is 2.93 bits per heavy atom. The first-order valence-corrected chi connectivity index (χ1v) is 5.76. The van der Waals surface area contributed by atoms with Gasteiger partial charge in [0.2, 0.25) is 0 Å². The third-order valence-corrected chi connectivity index (χ3v) is 3.62. The van der Waals surface area contributed by atoms with Gasteiger partial charge in [-0.25, -0.2) is 0 Å². The van der Waals surface area contributed by atoms with Crippen molar-refractivity contribution in [3.05, 3.63) is 0 Å². The fraction of sp³-hybridized carbons (Fsp3) is 1.00. The van der Waals surface area contributed by atoms with E-state index in [2.05, 4.69) is 12.2 Å². The third kappa shape index (κ3) is 2.47. The molecule has 14 heavy (non-hydrogen) atoms. The van der Waals surface area contributed by atoms with Gasteiger partial charge in [0, 0.05) is 18.2 Å². The SMILES string of the molecule is CC1(NCC2CCC(N)C2)CCOC1. The summed E-state index contributed by atoms with van der Waals surface area (Å²) in [5.41, 5.74) is 6.12. The maximum atomic E-state index is 5.89. The van der Waals surface area contributed by atoms with Gasteiger partial charge in [0.05, 0.1) is 6.61 Å². The molecule has 0 amide bonds. The molecule has 0 aromatic heterocycles. The lowest BCUT2D eigenvalue weighted by Gasteiger charge is -2.25.